The van der Waals surface area contributed by atoms with Crippen LogP contribution in [0, 0.1) is 0 Å². The molecule has 0 atom stereocenters. The van der Waals surface area contributed by atoms with Crippen molar-refractivity contribution in [3.05, 3.63) is 12.3 Å². The molecule has 0 saturated carbocycles. The maximum Gasteiger partial charge on any atom is 0.0697 e. The number of hydrogen-bond donors (Lipinski definition) is 0. The zero-order valence-corrected chi connectivity index (χ0v) is 7.13. The normalized spacial score (nSPS) is 10.0. The van der Waals surface area contributed by atoms with Crippen LogP contribution < -0.4 is 0 Å². The van der Waals surface area contributed by atoms with Gasteiger partial charge in [0.05, 0.1) is 6.21 Å². The summed E-state index contributed by atoms with van der Waals surface area (Å²) in [5, 5.41) is 5.74. The van der Waals surface area contributed by atoms with Crippen molar-refractivity contribution >= 4 is 6.21 Å². The Kier molecular flexibility index (Phi) is 3.54. The number of allylic oxidation sites excluding steroid dienone is 1. The van der Waals surface area contributed by atoms with Gasteiger partial charge in [-0.2, -0.15) is 5.10 Å². The maximum atomic E-state index is 4.01. The third-order valence-electron chi connectivity index (χ3n) is 1.01. The Balaban J connectivity index is 3.79. The minimum Gasteiger partial charge on any atom is -0.377 e. The highest BCUT2D eigenvalue weighted by Crippen LogP contribution is 1.88. The minimum absolute atomic E-state index is 0.897. The van der Waals surface area contributed by atoms with Crippen LogP contribution in [0.25, 0.3) is 0 Å². The predicted octanol–water partition coefficient (Wildman–Crippen LogP) is 0.609. The molecule has 0 aromatic carbocycles. The maximum absolute atomic E-state index is 4.01. The van der Waals surface area contributed by atoms with Crippen molar-refractivity contribution < 1.29 is 0 Å². The summed E-state index contributed by atoms with van der Waals surface area (Å²) in [6.07, 6.45) is 1.72. The molecule has 0 aromatic rings. The molecular weight excluding hydrogens is 126 g/mol. The highest BCUT2D eigenvalue weighted by atomic mass is 15.4. The molecule has 0 aliphatic heterocycles. The van der Waals surface area contributed by atoms with Gasteiger partial charge in [-0.25, -0.2) is 0 Å². The second-order valence-electron chi connectivity index (χ2n) is 2.48. The average molecular weight is 141 g/mol. The largest absolute Gasteiger partial charge is 0.377 e. The monoisotopic (exact) mass is 141 g/mol. The highest BCUT2D eigenvalue weighted by Gasteiger charge is 1.88. The molecule has 0 fully saturated rings. The van der Waals surface area contributed by atoms with E-state index in [4.69, 9.17) is 0 Å². The molecule has 0 aromatic heterocycles. The van der Waals surface area contributed by atoms with E-state index in [1.54, 1.807) is 11.2 Å². The van der Waals surface area contributed by atoms with E-state index >= 15 is 0 Å². The van der Waals surface area contributed by atoms with Crippen LogP contribution in [-0.2, 0) is 0 Å². The van der Waals surface area contributed by atoms with Gasteiger partial charge in [-0.1, -0.05) is 6.58 Å². The summed E-state index contributed by atoms with van der Waals surface area (Å²) >= 11 is 0. The highest BCUT2D eigenvalue weighted by molar-refractivity contribution is 5.76. The molecule has 0 saturated heterocycles. The second-order valence-corrected chi connectivity index (χ2v) is 2.48. The van der Waals surface area contributed by atoms with Gasteiger partial charge in [0.25, 0.3) is 0 Å². The third-order valence-corrected chi connectivity index (χ3v) is 1.01. The lowest BCUT2D eigenvalue weighted by atomic mass is 10.5. The first kappa shape index (κ1) is 9.01. The minimum atomic E-state index is 0.897. The van der Waals surface area contributed by atoms with Crippen LogP contribution in [0.3, 0.4) is 0 Å². The van der Waals surface area contributed by atoms with Crippen molar-refractivity contribution in [1.29, 1.82) is 0 Å². The first-order valence-electron chi connectivity index (χ1n) is 3.11. The molecule has 0 aliphatic carbocycles. The Bertz CT molecular complexity index is 136. The molecule has 3 nitrogen and oxygen atoms in total. The Morgan fingerprint density at radius 3 is 2.10 bits per heavy atom. The van der Waals surface area contributed by atoms with Crippen molar-refractivity contribution in [2.24, 2.45) is 5.10 Å². The Morgan fingerprint density at radius 2 is 1.80 bits per heavy atom. The SMILES string of the molecule is C=C(C=NN(C)C)N(C)C. The predicted molar refractivity (Wildman–Crippen MR) is 45.0 cm³/mol. The van der Waals surface area contributed by atoms with Gasteiger partial charge in [-0.15, -0.1) is 0 Å². The number of rotatable bonds is 3. The molecule has 0 unspecified atom stereocenters. The van der Waals surface area contributed by atoms with Crippen molar-refractivity contribution in [2.75, 3.05) is 28.2 Å². The van der Waals surface area contributed by atoms with Crippen LogP contribution in [0.4, 0.5) is 0 Å². The van der Waals surface area contributed by atoms with Crippen molar-refractivity contribution in [3.63, 3.8) is 0 Å². The molecule has 3 heteroatoms. The first-order valence-corrected chi connectivity index (χ1v) is 3.11. The van der Waals surface area contributed by atoms with E-state index in [2.05, 4.69) is 11.7 Å². The lowest BCUT2D eigenvalue weighted by Crippen LogP contribution is -2.12. The van der Waals surface area contributed by atoms with Gasteiger partial charge >= 0.3 is 0 Å². The van der Waals surface area contributed by atoms with Gasteiger partial charge in [0.1, 0.15) is 0 Å². The van der Waals surface area contributed by atoms with E-state index in [1.807, 2.05) is 33.1 Å². The van der Waals surface area contributed by atoms with E-state index < -0.39 is 0 Å². The molecule has 0 radical (unpaired) electrons. The fraction of sp³-hybridized carbons (Fsp3) is 0.571. The summed E-state index contributed by atoms with van der Waals surface area (Å²) in [7, 11) is 7.62. The lowest BCUT2D eigenvalue weighted by molar-refractivity contribution is 0.437. The second kappa shape index (κ2) is 3.93. The summed E-state index contributed by atoms with van der Waals surface area (Å²) in [4.78, 5) is 1.91. The number of hydrazone groups is 1. The van der Waals surface area contributed by atoms with Gasteiger partial charge in [-0.3, -0.25) is 0 Å². The van der Waals surface area contributed by atoms with E-state index in [1.165, 1.54) is 0 Å². The van der Waals surface area contributed by atoms with Crippen molar-refractivity contribution in [2.45, 2.75) is 0 Å². The topological polar surface area (TPSA) is 18.8 Å². The smallest absolute Gasteiger partial charge is 0.0697 e. The van der Waals surface area contributed by atoms with Crippen LogP contribution in [0.2, 0.25) is 0 Å². The summed E-state index contributed by atoms with van der Waals surface area (Å²) in [5.41, 5.74) is 0.897. The Morgan fingerprint density at radius 1 is 1.30 bits per heavy atom. The van der Waals surface area contributed by atoms with Gasteiger partial charge in [0.15, 0.2) is 0 Å². The molecule has 58 valence electrons. The number of hydrogen-bond acceptors (Lipinski definition) is 3. The average Bonchev–Trinajstić information content (AvgIpc) is 1.82. The van der Waals surface area contributed by atoms with Crippen LogP contribution in [0.15, 0.2) is 17.4 Å². The fourth-order valence-corrected chi connectivity index (χ4v) is 0.298. The van der Waals surface area contributed by atoms with Gasteiger partial charge in [-0.05, 0) is 0 Å². The van der Waals surface area contributed by atoms with E-state index in [9.17, 15) is 0 Å². The molecule has 0 rings (SSSR count). The van der Waals surface area contributed by atoms with E-state index in [0.29, 0.717) is 0 Å². The van der Waals surface area contributed by atoms with Crippen molar-refractivity contribution in [3.8, 4) is 0 Å². The van der Waals surface area contributed by atoms with Gasteiger partial charge in [0, 0.05) is 33.9 Å². The summed E-state index contributed by atoms with van der Waals surface area (Å²) < 4.78 is 0. The molecule has 0 N–H and O–H groups in total. The first-order chi connectivity index (χ1) is 4.54. The molecular formula is C7H15N3. The summed E-state index contributed by atoms with van der Waals surface area (Å²) in [6, 6.07) is 0. The molecule has 0 aliphatic rings. The quantitative estimate of drug-likeness (QED) is 0.423. The Hall–Kier alpha value is -0.990. The van der Waals surface area contributed by atoms with E-state index in [0.717, 1.165) is 5.70 Å². The van der Waals surface area contributed by atoms with Crippen molar-refractivity contribution in [1.82, 2.24) is 9.91 Å². The zero-order chi connectivity index (χ0) is 8.15. The number of nitrogens with zero attached hydrogens (tertiary/aromatic N) is 3. The standard InChI is InChI=1S/C7H15N3/c1-7(9(2)3)6-8-10(4)5/h6H,1H2,2-5H3. The van der Waals surface area contributed by atoms with Crippen LogP contribution in [0.1, 0.15) is 0 Å². The molecule has 0 bridgehead atoms. The lowest BCUT2D eigenvalue weighted by Gasteiger charge is -2.11. The third kappa shape index (κ3) is 3.95. The van der Waals surface area contributed by atoms with Crippen LogP contribution in [0.5, 0.6) is 0 Å². The fourth-order valence-electron chi connectivity index (χ4n) is 0.298. The zero-order valence-electron chi connectivity index (χ0n) is 7.13. The van der Waals surface area contributed by atoms with Crippen LogP contribution in [-0.4, -0.2) is 44.3 Å². The van der Waals surface area contributed by atoms with Gasteiger partial charge < -0.3 is 9.91 Å². The summed E-state index contributed by atoms with van der Waals surface area (Å²) in [5.74, 6) is 0. The molecule has 0 spiro atoms. The summed E-state index contributed by atoms with van der Waals surface area (Å²) in [6.45, 7) is 3.78. The van der Waals surface area contributed by atoms with Crippen LogP contribution >= 0.6 is 0 Å². The molecule has 0 amide bonds. The van der Waals surface area contributed by atoms with Gasteiger partial charge in [0.2, 0.25) is 0 Å². The van der Waals surface area contributed by atoms with E-state index in [-0.39, 0.29) is 0 Å². The molecule has 0 heterocycles. The molecule has 10 heavy (non-hydrogen) atoms. The Labute approximate surface area is 62.6 Å².